The van der Waals surface area contributed by atoms with Crippen LogP contribution in [0.5, 0.6) is 0 Å². The van der Waals surface area contributed by atoms with Gasteiger partial charge in [0.1, 0.15) is 17.5 Å². The number of anilines is 1. The number of hydrogen-bond acceptors (Lipinski definition) is 3. The molecule has 0 fully saturated rings. The van der Waals surface area contributed by atoms with Crippen molar-refractivity contribution in [1.82, 2.24) is 4.98 Å². The van der Waals surface area contributed by atoms with Crippen LogP contribution in [0.4, 0.5) is 5.82 Å². The zero-order valence-electron chi connectivity index (χ0n) is 16.3. The van der Waals surface area contributed by atoms with Crippen molar-refractivity contribution in [3.8, 4) is 39.6 Å². The molecule has 4 aromatic rings. The molecule has 29 heavy (non-hydrogen) atoms. The summed E-state index contributed by atoms with van der Waals surface area (Å²) in [4.78, 5) is 4.49. The van der Waals surface area contributed by atoms with Gasteiger partial charge in [0.2, 0.25) is 0 Å². The van der Waals surface area contributed by atoms with Gasteiger partial charge in [-0.2, -0.15) is 5.26 Å². The molecule has 0 radical (unpaired) electrons. The minimum Gasteiger partial charge on any atom is -0.383 e. The lowest BCUT2D eigenvalue weighted by Crippen LogP contribution is -2.00. The van der Waals surface area contributed by atoms with E-state index in [4.69, 9.17) is 5.73 Å². The Kier molecular flexibility index (Phi) is 5.09. The zero-order chi connectivity index (χ0) is 20.2. The molecular weight excluding hydrogens is 354 g/mol. The van der Waals surface area contributed by atoms with E-state index in [-0.39, 0.29) is 5.82 Å². The molecule has 0 aliphatic heterocycles. The van der Waals surface area contributed by atoms with Gasteiger partial charge in [0.05, 0.1) is 5.69 Å². The van der Waals surface area contributed by atoms with Gasteiger partial charge in [-0.15, -0.1) is 0 Å². The first-order valence-corrected chi connectivity index (χ1v) is 9.65. The molecule has 3 nitrogen and oxygen atoms in total. The van der Waals surface area contributed by atoms with Crippen LogP contribution in [0.1, 0.15) is 18.1 Å². The van der Waals surface area contributed by atoms with Gasteiger partial charge in [-0.25, -0.2) is 4.98 Å². The highest BCUT2D eigenvalue weighted by atomic mass is 14.8. The van der Waals surface area contributed by atoms with Gasteiger partial charge in [-0.05, 0) is 34.7 Å². The molecule has 140 valence electrons. The number of pyridine rings is 1. The van der Waals surface area contributed by atoms with E-state index in [0.717, 1.165) is 34.4 Å². The van der Waals surface area contributed by atoms with Crippen molar-refractivity contribution in [2.24, 2.45) is 0 Å². The molecule has 3 aromatic carbocycles. The lowest BCUT2D eigenvalue weighted by Gasteiger charge is -2.11. The van der Waals surface area contributed by atoms with Crippen molar-refractivity contribution in [3.63, 3.8) is 0 Å². The highest BCUT2D eigenvalue weighted by Crippen LogP contribution is 2.32. The van der Waals surface area contributed by atoms with Crippen LogP contribution in [0.15, 0.2) is 84.9 Å². The average molecular weight is 375 g/mol. The molecule has 2 N–H and O–H groups in total. The molecule has 0 unspecified atom stereocenters. The minimum atomic E-state index is 0.256. The third-order valence-electron chi connectivity index (χ3n) is 5.12. The Hall–Kier alpha value is -3.90. The normalized spacial score (nSPS) is 10.5. The van der Waals surface area contributed by atoms with Gasteiger partial charge in [-0.3, -0.25) is 0 Å². The number of rotatable bonds is 4. The Labute approximate surface area is 171 Å². The predicted octanol–water partition coefficient (Wildman–Crippen LogP) is 6.10. The molecule has 0 saturated heterocycles. The number of nitrogen functional groups attached to an aromatic ring is 1. The maximum atomic E-state index is 9.62. The number of hydrogen-bond donors (Lipinski definition) is 1. The van der Waals surface area contributed by atoms with E-state index in [1.54, 1.807) is 0 Å². The maximum absolute atomic E-state index is 9.62. The SMILES string of the molecule is CCc1ccc(-c2cc(-c3ccc(-c4ccccc4)cc3)nc(N)c2C#N)cc1. The molecule has 1 heterocycles. The van der Waals surface area contributed by atoms with Crippen LogP contribution in [-0.4, -0.2) is 4.98 Å². The Morgan fingerprint density at radius 3 is 2.00 bits per heavy atom. The molecule has 0 bridgehead atoms. The van der Waals surface area contributed by atoms with Crippen molar-refractivity contribution in [3.05, 3.63) is 96.1 Å². The van der Waals surface area contributed by atoms with Crippen molar-refractivity contribution in [1.29, 1.82) is 5.26 Å². The van der Waals surface area contributed by atoms with Crippen LogP contribution in [0.2, 0.25) is 0 Å². The molecule has 0 amide bonds. The van der Waals surface area contributed by atoms with Crippen molar-refractivity contribution < 1.29 is 0 Å². The predicted molar refractivity (Wildman–Crippen MR) is 119 cm³/mol. The van der Waals surface area contributed by atoms with Gasteiger partial charge in [-0.1, -0.05) is 85.8 Å². The van der Waals surface area contributed by atoms with Crippen LogP contribution in [-0.2, 0) is 6.42 Å². The van der Waals surface area contributed by atoms with Gasteiger partial charge in [0.15, 0.2) is 0 Å². The number of benzene rings is 3. The first-order valence-electron chi connectivity index (χ1n) is 9.65. The standard InChI is InChI=1S/C26H21N3/c1-2-18-8-10-21(11-9-18)23-16-25(29-26(28)24(23)17-27)22-14-12-20(13-15-22)19-6-4-3-5-7-19/h3-16H,2H2,1H3,(H2,28,29). The highest BCUT2D eigenvalue weighted by Gasteiger charge is 2.13. The highest BCUT2D eigenvalue weighted by molar-refractivity contribution is 5.80. The molecule has 4 rings (SSSR count). The van der Waals surface area contributed by atoms with E-state index < -0.39 is 0 Å². The van der Waals surface area contributed by atoms with E-state index in [9.17, 15) is 5.26 Å². The van der Waals surface area contributed by atoms with Gasteiger partial charge < -0.3 is 5.73 Å². The van der Waals surface area contributed by atoms with E-state index in [0.29, 0.717) is 5.56 Å². The first kappa shape index (κ1) is 18.5. The lowest BCUT2D eigenvalue weighted by molar-refractivity contribution is 1.14. The Morgan fingerprint density at radius 1 is 0.793 bits per heavy atom. The number of aromatic nitrogens is 1. The van der Waals surface area contributed by atoms with Crippen LogP contribution in [0.3, 0.4) is 0 Å². The van der Waals surface area contributed by atoms with Crippen LogP contribution in [0, 0.1) is 11.3 Å². The zero-order valence-corrected chi connectivity index (χ0v) is 16.3. The van der Waals surface area contributed by atoms with Gasteiger partial charge >= 0.3 is 0 Å². The van der Waals surface area contributed by atoms with Crippen LogP contribution >= 0.6 is 0 Å². The summed E-state index contributed by atoms with van der Waals surface area (Å²) in [5.74, 6) is 0.256. The van der Waals surface area contributed by atoms with Crippen LogP contribution < -0.4 is 5.73 Å². The summed E-state index contributed by atoms with van der Waals surface area (Å²) in [7, 11) is 0. The average Bonchev–Trinajstić information content (AvgIpc) is 2.79. The molecule has 0 aliphatic rings. The second-order valence-corrected chi connectivity index (χ2v) is 6.92. The molecule has 1 aromatic heterocycles. The first-order chi connectivity index (χ1) is 14.2. The summed E-state index contributed by atoms with van der Waals surface area (Å²) in [5.41, 5.74) is 13.6. The fraction of sp³-hybridized carbons (Fsp3) is 0.0769. The minimum absolute atomic E-state index is 0.256. The molecule has 0 spiro atoms. The summed E-state index contributed by atoms with van der Waals surface area (Å²) in [6.07, 6.45) is 0.975. The van der Waals surface area contributed by atoms with E-state index in [1.165, 1.54) is 11.1 Å². The number of nitrogens with two attached hydrogens (primary N) is 1. The van der Waals surface area contributed by atoms with Crippen LogP contribution in [0.25, 0.3) is 33.5 Å². The van der Waals surface area contributed by atoms with Gasteiger partial charge in [0.25, 0.3) is 0 Å². The summed E-state index contributed by atoms with van der Waals surface area (Å²) in [6.45, 7) is 2.12. The monoisotopic (exact) mass is 375 g/mol. The Bertz CT molecular complexity index is 1170. The summed E-state index contributed by atoms with van der Waals surface area (Å²) in [6, 6.07) is 30.9. The van der Waals surface area contributed by atoms with Crippen molar-refractivity contribution in [2.75, 3.05) is 5.73 Å². The maximum Gasteiger partial charge on any atom is 0.142 e. The molecule has 3 heteroatoms. The molecule has 0 saturated carbocycles. The quantitative estimate of drug-likeness (QED) is 0.469. The van der Waals surface area contributed by atoms with Crippen molar-refractivity contribution in [2.45, 2.75) is 13.3 Å². The smallest absolute Gasteiger partial charge is 0.142 e. The lowest BCUT2D eigenvalue weighted by atomic mass is 9.96. The second kappa shape index (κ2) is 8.00. The number of nitrogens with zero attached hydrogens (tertiary/aromatic N) is 2. The Balaban J connectivity index is 1.76. The fourth-order valence-electron chi connectivity index (χ4n) is 3.44. The molecular formula is C26H21N3. The van der Waals surface area contributed by atoms with Crippen molar-refractivity contribution >= 4 is 5.82 Å². The number of aryl methyl sites for hydroxylation is 1. The fourth-order valence-corrected chi connectivity index (χ4v) is 3.44. The van der Waals surface area contributed by atoms with E-state index in [1.807, 2.05) is 48.5 Å². The largest absolute Gasteiger partial charge is 0.383 e. The number of nitriles is 1. The molecule has 0 atom stereocenters. The summed E-state index contributed by atoms with van der Waals surface area (Å²) >= 11 is 0. The topological polar surface area (TPSA) is 62.7 Å². The molecule has 0 aliphatic carbocycles. The van der Waals surface area contributed by atoms with E-state index >= 15 is 0 Å². The Morgan fingerprint density at radius 2 is 1.38 bits per heavy atom. The van der Waals surface area contributed by atoms with Gasteiger partial charge in [0, 0.05) is 11.1 Å². The third-order valence-corrected chi connectivity index (χ3v) is 5.12. The summed E-state index contributed by atoms with van der Waals surface area (Å²) < 4.78 is 0. The summed E-state index contributed by atoms with van der Waals surface area (Å²) in [5, 5.41) is 9.62. The van der Waals surface area contributed by atoms with E-state index in [2.05, 4.69) is 54.4 Å². The third kappa shape index (κ3) is 3.74. The second-order valence-electron chi connectivity index (χ2n) is 6.92.